The predicted octanol–water partition coefficient (Wildman–Crippen LogP) is 4.72. The molecule has 2 heterocycles. The van der Waals surface area contributed by atoms with Gasteiger partial charge >= 0.3 is 0 Å². The molecule has 0 N–H and O–H groups in total. The van der Waals surface area contributed by atoms with Crippen LogP contribution in [0.4, 0.5) is 0 Å². The molecule has 0 bridgehead atoms. The monoisotopic (exact) mass is 381 g/mol. The molecule has 0 saturated carbocycles. The van der Waals surface area contributed by atoms with Gasteiger partial charge in [0.15, 0.2) is 0 Å². The Morgan fingerprint density at radius 2 is 1.89 bits per heavy atom. The molecule has 3 aromatic rings. The van der Waals surface area contributed by atoms with Gasteiger partial charge in [-0.2, -0.15) is 4.98 Å². The highest BCUT2D eigenvalue weighted by molar-refractivity contribution is 6.30. The minimum Gasteiger partial charge on any atom is -0.339 e. The molecule has 1 aliphatic heterocycles. The predicted molar refractivity (Wildman–Crippen MR) is 104 cm³/mol. The van der Waals surface area contributed by atoms with Crippen molar-refractivity contribution in [2.24, 2.45) is 0 Å². The van der Waals surface area contributed by atoms with E-state index < -0.39 is 0 Å². The van der Waals surface area contributed by atoms with E-state index in [-0.39, 0.29) is 11.8 Å². The number of hydrogen-bond donors (Lipinski definition) is 0. The summed E-state index contributed by atoms with van der Waals surface area (Å²) in [4.78, 5) is 19.1. The fourth-order valence-electron chi connectivity index (χ4n) is 3.35. The molecule has 0 aliphatic carbocycles. The van der Waals surface area contributed by atoms with Crippen molar-refractivity contribution >= 4 is 17.5 Å². The second-order valence-electron chi connectivity index (χ2n) is 6.90. The molecule has 0 radical (unpaired) electrons. The summed E-state index contributed by atoms with van der Waals surface area (Å²) < 4.78 is 5.48. The Bertz CT molecular complexity index is 944. The molecule has 1 aromatic heterocycles. The van der Waals surface area contributed by atoms with Crippen LogP contribution >= 0.6 is 11.6 Å². The molecular weight excluding hydrogens is 362 g/mol. The average Bonchev–Trinajstić information content (AvgIpc) is 3.18. The van der Waals surface area contributed by atoms with Gasteiger partial charge in [-0.1, -0.05) is 46.6 Å². The van der Waals surface area contributed by atoms with Crippen LogP contribution in [0.2, 0.25) is 5.02 Å². The number of nitrogens with zero attached hydrogens (tertiary/aromatic N) is 3. The van der Waals surface area contributed by atoms with Crippen LogP contribution in [0.1, 0.15) is 40.6 Å². The molecule has 0 atom stereocenters. The van der Waals surface area contributed by atoms with Crippen molar-refractivity contribution < 1.29 is 9.32 Å². The van der Waals surface area contributed by atoms with Crippen LogP contribution in [0.25, 0.3) is 11.4 Å². The smallest absolute Gasteiger partial charge is 0.253 e. The molecule has 1 amide bonds. The minimum atomic E-state index is 0.0820. The van der Waals surface area contributed by atoms with E-state index in [4.69, 9.17) is 16.1 Å². The third kappa shape index (κ3) is 3.88. The fourth-order valence-corrected chi connectivity index (χ4v) is 3.54. The van der Waals surface area contributed by atoms with Crippen molar-refractivity contribution in [1.82, 2.24) is 15.0 Å². The van der Waals surface area contributed by atoms with Gasteiger partial charge < -0.3 is 9.42 Å². The summed E-state index contributed by atoms with van der Waals surface area (Å²) in [7, 11) is 0. The summed E-state index contributed by atoms with van der Waals surface area (Å²) >= 11 is 6.03. The number of benzene rings is 2. The summed E-state index contributed by atoms with van der Waals surface area (Å²) in [6.07, 6.45) is 1.63. The van der Waals surface area contributed by atoms with Crippen molar-refractivity contribution in [3.63, 3.8) is 0 Å². The molecule has 0 unspecified atom stereocenters. The highest BCUT2D eigenvalue weighted by Crippen LogP contribution is 2.29. The molecule has 0 spiro atoms. The van der Waals surface area contributed by atoms with Crippen molar-refractivity contribution in [3.8, 4) is 11.4 Å². The van der Waals surface area contributed by atoms with Crippen LogP contribution in [0, 0.1) is 6.92 Å². The third-order valence-corrected chi connectivity index (χ3v) is 5.19. The minimum absolute atomic E-state index is 0.0820. The summed E-state index contributed by atoms with van der Waals surface area (Å²) in [5, 5.41) is 4.73. The Hall–Kier alpha value is -2.66. The first-order valence-corrected chi connectivity index (χ1v) is 9.43. The van der Waals surface area contributed by atoms with Gasteiger partial charge in [-0.3, -0.25) is 4.79 Å². The first-order valence-electron chi connectivity index (χ1n) is 9.05. The van der Waals surface area contributed by atoms with E-state index in [0.717, 1.165) is 29.5 Å². The maximum Gasteiger partial charge on any atom is 0.253 e. The van der Waals surface area contributed by atoms with Gasteiger partial charge in [-0.25, -0.2) is 0 Å². The average molecular weight is 382 g/mol. The van der Waals surface area contributed by atoms with Gasteiger partial charge in [0.05, 0.1) is 0 Å². The molecule has 27 heavy (non-hydrogen) atoms. The zero-order valence-corrected chi connectivity index (χ0v) is 15.8. The Balaban J connectivity index is 1.41. The molecule has 1 fully saturated rings. The number of carbonyl (C=O) groups excluding carboxylic acids is 1. The Kier molecular flexibility index (Phi) is 4.94. The van der Waals surface area contributed by atoms with Gasteiger partial charge in [0, 0.05) is 35.2 Å². The van der Waals surface area contributed by atoms with Crippen molar-refractivity contribution in [2.75, 3.05) is 13.1 Å². The molecule has 4 rings (SSSR count). The molecule has 6 heteroatoms. The van der Waals surface area contributed by atoms with Crippen LogP contribution in [0.5, 0.6) is 0 Å². The number of likely N-dealkylation sites (tertiary alicyclic amines) is 1. The van der Waals surface area contributed by atoms with Gasteiger partial charge in [0.1, 0.15) is 0 Å². The van der Waals surface area contributed by atoms with E-state index in [1.807, 2.05) is 60.4 Å². The SMILES string of the molecule is Cc1ccc(C(=O)N2CCC(c3nc(-c4cccc(Cl)c4)no3)CC2)cc1. The number of piperidine rings is 1. The normalized spacial score (nSPS) is 15.1. The van der Waals surface area contributed by atoms with E-state index in [1.165, 1.54) is 0 Å². The van der Waals surface area contributed by atoms with Crippen molar-refractivity contribution in [1.29, 1.82) is 0 Å². The maximum absolute atomic E-state index is 12.6. The van der Waals surface area contributed by atoms with Crippen LogP contribution in [0.15, 0.2) is 53.1 Å². The second-order valence-corrected chi connectivity index (χ2v) is 7.34. The van der Waals surface area contributed by atoms with Crippen LogP contribution in [-0.4, -0.2) is 34.0 Å². The maximum atomic E-state index is 12.6. The largest absolute Gasteiger partial charge is 0.339 e. The van der Waals surface area contributed by atoms with E-state index in [9.17, 15) is 4.79 Å². The lowest BCUT2D eigenvalue weighted by molar-refractivity contribution is 0.0704. The third-order valence-electron chi connectivity index (χ3n) is 4.95. The van der Waals surface area contributed by atoms with Crippen LogP contribution in [-0.2, 0) is 0 Å². The number of hydrogen-bond acceptors (Lipinski definition) is 4. The van der Waals surface area contributed by atoms with Crippen LogP contribution in [0.3, 0.4) is 0 Å². The molecule has 5 nitrogen and oxygen atoms in total. The zero-order chi connectivity index (χ0) is 18.8. The number of carbonyl (C=O) groups is 1. The number of aromatic nitrogens is 2. The van der Waals surface area contributed by atoms with Crippen molar-refractivity contribution in [3.05, 3.63) is 70.6 Å². The number of amides is 1. The topological polar surface area (TPSA) is 59.2 Å². The lowest BCUT2D eigenvalue weighted by atomic mass is 9.96. The highest BCUT2D eigenvalue weighted by Gasteiger charge is 2.28. The molecule has 2 aromatic carbocycles. The Morgan fingerprint density at radius 1 is 1.15 bits per heavy atom. The number of aryl methyl sites for hydroxylation is 1. The molecule has 138 valence electrons. The molecule has 1 saturated heterocycles. The summed E-state index contributed by atoms with van der Waals surface area (Å²) in [6, 6.07) is 15.1. The van der Waals surface area contributed by atoms with Crippen LogP contribution < -0.4 is 0 Å². The van der Waals surface area contributed by atoms with Gasteiger partial charge in [0.2, 0.25) is 11.7 Å². The highest BCUT2D eigenvalue weighted by atomic mass is 35.5. The molecular formula is C21H20ClN3O2. The Labute approximate surface area is 163 Å². The van der Waals surface area contributed by atoms with Crippen molar-refractivity contribution in [2.45, 2.75) is 25.7 Å². The summed E-state index contributed by atoms with van der Waals surface area (Å²) in [5.41, 5.74) is 2.72. The number of halogens is 1. The fraction of sp³-hybridized carbons (Fsp3) is 0.286. The lowest BCUT2D eigenvalue weighted by Crippen LogP contribution is -2.38. The second kappa shape index (κ2) is 7.53. The van der Waals surface area contributed by atoms with Gasteiger partial charge in [0.25, 0.3) is 5.91 Å². The van der Waals surface area contributed by atoms with Gasteiger partial charge in [-0.05, 0) is 44.0 Å². The lowest BCUT2D eigenvalue weighted by Gasteiger charge is -2.30. The Morgan fingerprint density at radius 3 is 2.59 bits per heavy atom. The van der Waals surface area contributed by atoms with Gasteiger partial charge in [-0.15, -0.1) is 0 Å². The van der Waals surface area contributed by atoms with E-state index in [0.29, 0.717) is 29.8 Å². The standard InChI is InChI=1S/C21H20ClN3O2/c1-14-5-7-16(8-6-14)21(26)25-11-9-15(10-12-25)20-23-19(24-27-20)17-3-2-4-18(22)13-17/h2-8,13,15H,9-12H2,1H3. The first kappa shape index (κ1) is 17.7. The number of rotatable bonds is 3. The quantitative estimate of drug-likeness (QED) is 0.658. The van der Waals surface area contributed by atoms with E-state index in [2.05, 4.69) is 10.1 Å². The summed E-state index contributed by atoms with van der Waals surface area (Å²) in [6.45, 7) is 3.39. The first-order chi connectivity index (χ1) is 13.1. The van der Waals surface area contributed by atoms with E-state index in [1.54, 1.807) is 0 Å². The summed E-state index contributed by atoms with van der Waals surface area (Å²) in [5.74, 6) is 1.43. The van der Waals surface area contributed by atoms with E-state index >= 15 is 0 Å². The zero-order valence-electron chi connectivity index (χ0n) is 15.1. The molecule has 1 aliphatic rings.